The Kier molecular flexibility index (Phi) is 5.34. The number of hydrogen-bond acceptors (Lipinski definition) is 5. The molecule has 0 bridgehead atoms. The predicted octanol–water partition coefficient (Wildman–Crippen LogP) is 3.15. The molecule has 2 aromatic rings. The van der Waals surface area contributed by atoms with Crippen molar-refractivity contribution in [3.05, 3.63) is 47.0 Å². The van der Waals surface area contributed by atoms with Crippen LogP contribution in [0.1, 0.15) is 22.7 Å². The lowest BCUT2D eigenvalue weighted by Crippen LogP contribution is -2.22. The van der Waals surface area contributed by atoms with Crippen LogP contribution in [0.15, 0.2) is 30.3 Å². The summed E-state index contributed by atoms with van der Waals surface area (Å²) in [7, 11) is 6.66. The highest BCUT2D eigenvalue weighted by Gasteiger charge is 2.21. The topological polar surface area (TPSA) is 49.0 Å². The van der Waals surface area contributed by atoms with E-state index in [0.717, 1.165) is 42.4 Å². The van der Waals surface area contributed by atoms with Crippen molar-refractivity contribution in [3.8, 4) is 23.0 Å². The van der Waals surface area contributed by atoms with Gasteiger partial charge in [0, 0.05) is 6.04 Å². The van der Waals surface area contributed by atoms with Crippen molar-refractivity contribution in [2.24, 2.45) is 0 Å². The molecule has 0 amide bonds. The minimum Gasteiger partial charge on any atom is -0.493 e. The van der Waals surface area contributed by atoms with E-state index >= 15 is 0 Å². The zero-order valence-electron chi connectivity index (χ0n) is 15.2. The molecule has 0 aromatic heterocycles. The molecule has 0 saturated heterocycles. The maximum Gasteiger partial charge on any atom is 0.161 e. The molecule has 25 heavy (non-hydrogen) atoms. The van der Waals surface area contributed by atoms with Crippen LogP contribution in [0.25, 0.3) is 0 Å². The van der Waals surface area contributed by atoms with E-state index in [-0.39, 0.29) is 6.04 Å². The Morgan fingerprint density at radius 2 is 1.36 bits per heavy atom. The second-order valence-electron chi connectivity index (χ2n) is 6.05. The van der Waals surface area contributed by atoms with Crippen LogP contribution >= 0.6 is 0 Å². The van der Waals surface area contributed by atoms with Crippen molar-refractivity contribution in [2.75, 3.05) is 35.0 Å². The predicted molar refractivity (Wildman–Crippen MR) is 97.2 cm³/mol. The SMILES string of the molecule is COc1ccc([C@@H]2Cc3cc(OC)c(OC)cc3CCN2)cc1OC. The number of fused-ring (bicyclic) bond motifs is 1. The zero-order chi connectivity index (χ0) is 17.8. The zero-order valence-corrected chi connectivity index (χ0v) is 15.2. The minimum atomic E-state index is 0.208. The summed E-state index contributed by atoms with van der Waals surface area (Å²) in [5.41, 5.74) is 3.76. The normalized spacial score (nSPS) is 16.6. The van der Waals surface area contributed by atoms with E-state index in [1.807, 2.05) is 12.1 Å². The lowest BCUT2D eigenvalue weighted by atomic mass is 9.95. The summed E-state index contributed by atoms with van der Waals surface area (Å²) < 4.78 is 21.7. The highest BCUT2D eigenvalue weighted by molar-refractivity contribution is 5.49. The molecule has 0 spiro atoms. The van der Waals surface area contributed by atoms with E-state index in [9.17, 15) is 0 Å². The van der Waals surface area contributed by atoms with Crippen LogP contribution in [0.2, 0.25) is 0 Å². The summed E-state index contributed by atoms with van der Waals surface area (Å²) in [5.74, 6) is 3.05. The molecule has 1 atom stereocenters. The van der Waals surface area contributed by atoms with Gasteiger partial charge >= 0.3 is 0 Å². The molecule has 0 radical (unpaired) electrons. The Bertz CT molecular complexity index is 745. The number of benzene rings is 2. The van der Waals surface area contributed by atoms with Crippen LogP contribution in [0, 0.1) is 0 Å². The van der Waals surface area contributed by atoms with Gasteiger partial charge in [-0.3, -0.25) is 0 Å². The van der Waals surface area contributed by atoms with E-state index in [1.165, 1.54) is 16.7 Å². The first-order valence-corrected chi connectivity index (χ1v) is 8.39. The number of nitrogens with one attached hydrogen (secondary N) is 1. The Labute approximate surface area is 148 Å². The number of rotatable bonds is 5. The molecular weight excluding hydrogens is 318 g/mol. The van der Waals surface area contributed by atoms with Gasteiger partial charge in [-0.1, -0.05) is 6.07 Å². The Morgan fingerprint density at radius 1 is 0.760 bits per heavy atom. The quantitative estimate of drug-likeness (QED) is 0.904. The summed E-state index contributed by atoms with van der Waals surface area (Å²) in [5, 5.41) is 3.63. The lowest BCUT2D eigenvalue weighted by molar-refractivity contribution is 0.353. The van der Waals surface area contributed by atoms with Gasteiger partial charge in [0.1, 0.15) is 0 Å². The molecule has 3 rings (SSSR count). The number of methoxy groups -OCH3 is 4. The molecule has 1 N–H and O–H groups in total. The standard InChI is InChI=1S/C20H25NO4/c1-22-17-6-5-14(11-18(17)23-2)16-9-15-12-20(25-4)19(24-3)10-13(15)7-8-21-16/h5-6,10-12,16,21H,7-9H2,1-4H3/t16-/m0/s1. The van der Waals surface area contributed by atoms with E-state index in [2.05, 4.69) is 23.5 Å². The van der Waals surface area contributed by atoms with E-state index < -0.39 is 0 Å². The summed E-state index contributed by atoms with van der Waals surface area (Å²) in [6.07, 6.45) is 1.84. The fourth-order valence-electron chi connectivity index (χ4n) is 3.36. The summed E-state index contributed by atoms with van der Waals surface area (Å²) in [4.78, 5) is 0. The molecule has 1 aliphatic heterocycles. The first kappa shape index (κ1) is 17.4. The molecule has 5 heteroatoms. The number of hydrogen-bond donors (Lipinski definition) is 1. The molecule has 134 valence electrons. The van der Waals surface area contributed by atoms with Crippen LogP contribution in [0.4, 0.5) is 0 Å². The van der Waals surface area contributed by atoms with Gasteiger partial charge in [0.15, 0.2) is 23.0 Å². The average molecular weight is 343 g/mol. The van der Waals surface area contributed by atoms with Gasteiger partial charge in [-0.2, -0.15) is 0 Å². The van der Waals surface area contributed by atoms with E-state index in [0.29, 0.717) is 0 Å². The fourth-order valence-corrected chi connectivity index (χ4v) is 3.36. The summed E-state index contributed by atoms with van der Waals surface area (Å²) in [6, 6.07) is 10.5. The largest absolute Gasteiger partial charge is 0.493 e. The van der Waals surface area contributed by atoms with Crippen molar-refractivity contribution in [3.63, 3.8) is 0 Å². The van der Waals surface area contributed by atoms with Gasteiger partial charge in [-0.25, -0.2) is 0 Å². The van der Waals surface area contributed by atoms with E-state index in [1.54, 1.807) is 28.4 Å². The van der Waals surface area contributed by atoms with Gasteiger partial charge in [0.05, 0.1) is 28.4 Å². The van der Waals surface area contributed by atoms with Crippen LogP contribution < -0.4 is 24.3 Å². The van der Waals surface area contributed by atoms with Crippen molar-refractivity contribution in [1.29, 1.82) is 0 Å². The smallest absolute Gasteiger partial charge is 0.161 e. The molecule has 0 aliphatic carbocycles. The Balaban J connectivity index is 1.93. The Morgan fingerprint density at radius 3 is 2.00 bits per heavy atom. The lowest BCUT2D eigenvalue weighted by Gasteiger charge is -2.19. The highest BCUT2D eigenvalue weighted by Crippen LogP contribution is 2.36. The molecule has 1 heterocycles. The van der Waals surface area contributed by atoms with Crippen LogP contribution in [-0.2, 0) is 12.8 Å². The molecule has 5 nitrogen and oxygen atoms in total. The maximum atomic E-state index is 5.47. The van der Waals surface area contributed by atoms with Crippen molar-refractivity contribution in [1.82, 2.24) is 5.32 Å². The van der Waals surface area contributed by atoms with E-state index in [4.69, 9.17) is 18.9 Å². The molecule has 0 saturated carbocycles. The first-order valence-electron chi connectivity index (χ1n) is 8.39. The second kappa shape index (κ2) is 7.66. The van der Waals surface area contributed by atoms with Crippen molar-refractivity contribution < 1.29 is 18.9 Å². The molecule has 0 fully saturated rings. The van der Waals surface area contributed by atoms with Crippen LogP contribution in [-0.4, -0.2) is 35.0 Å². The maximum absolute atomic E-state index is 5.47. The van der Waals surface area contributed by atoms with Crippen LogP contribution in [0.3, 0.4) is 0 Å². The molecule has 1 aliphatic rings. The van der Waals surface area contributed by atoms with Gasteiger partial charge < -0.3 is 24.3 Å². The Hall–Kier alpha value is -2.40. The monoisotopic (exact) mass is 343 g/mol. The third kappa shape index (κ3) is 3.51. The number of ether oxygens (including phenoxy) is 4. The van der Waals surface area contributed by atoms with Crippen molar-refractivity contribution in [2.45, 2.75) is 18.9 Å². The van der Waals surface area contributed by atoms with Crippen LogP contribution in [0.5, 0.6) is 23.0 Å². The average Bonchev–Trinajstić information content (AvgIpc) is 2.87. The second-order valence-corrected chi connectivity index (χ2v) is 6.05. The van der Waals surface area contributed by atoms with Gasteiger partial charge in [-0.05, 0) is 60.3 Å². The molecule has 2 aromatic carbocycles. The third-order valence-corrected chi connectivity index (χ3v) is 4.72. The fraction of sp³-hybridized carbons (Fsp3) is 0.400. The minimum absolute atomic E-state index is 0.208. The summed E-state index contributed by atoms with van der Waals surface area (Å²) >= 11 is 0. The van der Waals surface area contributed by atoms with Gasteiger partial charge in [0.2, 0.25) is 0 Å². The molecular formula is C20H25NO4. The van der Waals surface area contributed by atoms with Crippen molar-refractivity contribution >= 4 is 0 Å². The summed E-state index contributed by atoms with van der Waals surface area (Å²) in [6.45, 7) is 0.904. The highest BCUT2D eigenvalue weighted by atomic mass is 16.5. The first-order chi connectivity index (χ1) is 12.2. The third-order valence-electron chi connectivity index (χ3n) is 4.72. The van der Waals surface area contributed by atoms with Gasteiger partial charge in [0.25, 0.3) is 0 Å². The molecule has 0 unspecified atom stereocenters. The van der Waals surface area contributed by atoms with Gasteiger partial charge in [-0.15, -0.1) is 0 Å².